The molecule has 0 unspecified atom stereocenters. The number of hydrogen-bond acceptors (Lipinski definition) is 3. The summed E-state index contributed by atoms with van der Waals surface area (Å²) in [5.74, 6) is -0.193. The van der Waals surface area contributed by atoms with Crippen molar-refractivity contribution in [3.63, 3.8) is 0 Å². The van der Waals surface area contributed by atoms with Gasteiger partial charge in [-0.2, -0.15) is 0 Å². The first-order valence-corrected chi connectivity index (χ1v) is 6.91. The van der Waals surface area contributed by atoms with Gasteiger partial charge in [0.05, 0.1) is 10.0 Å². The van der Waals surface area contributed by atoms with Crippen LogP contribution in [0.5, 0.6) is 0 Å². The molecule has 2 aromatic rings. The second-order valence-corrected chi connectivity index (χ2v) is 5.40. The minimum Gasteiger partial charge on any atom is -0.398 e. The molecule has 3 N–H and O–H groups in total. The van der Waals surface area contributed by atoms with Gasteiger partial charge in [-0.15, -0.1) is 0 Å². The van der Waals surface area contributed by atoms with Crippen molar-refractivity contribution < 1.29 is 4.79 Å². The Morgan fingerprint density at radius 1 is 1.15 bits per heavy atom. The average molecular weight is 334 g/mol. The molecule has 0 aliphatic heterocycles. The van der Waals surface area contributed by atoms with Crippen LogP contribution < -0.4 is 16.0 Å². The maximum absolute atomic E-state index is 12.2. The first-order chi connectivity index (χ1) is 9.49. The van der Waals surface area contributed by atoms with Gasteiger partial charge in [-0.1, -0.05) is 6.07 Å². The fourth-order valence-electron chi connectivity index (χ4n) is 1.77. The van der Waals surface area contributed by atoms with E-state index in [0.717, 1.165) is 11.4 Å². The summed E-state index contributed by atoms with van der Waals surface area (Å²) in [7, 11) is 3.94. The number of nitrogen functional groups attached to an aromatic ring is 1. The number of hydrogen-bond donors (Lipinski definition) is 2. The van der Waals surface area contributed by atoms with Gasteiger partial charge >= 0.3 is 0 Å². The van der Waals surface area contributed by atoms with E-state index in [2.05, 4.69) is 21.2 Å². The number of halogens is 1. The fourth-order valence-corrected chi connectivity index (χ4v) is 2.21. The lowest BCUT2D eigenvalue weighted by Crippen LogP contribution is -2.13. The zero-order valence-electron chi connectivity index (χ0n) is 11.4. The molecular formula is C15H16BrN3O. The molecule has 0 radical (unpaired) electrons. The quantitative estimate of drug-likeness (QED) is 0.847. The van der Waals surface area contributed by atoms with E-state index < -0.39 is 0 Å². The normalized spacial score (nSPS) is 10.2. The number of rotatable bonds is 3. The Kier molecular flexibility index (Phi) is 4.29. The van der Waals surface area contributed by atoms with Crippen LogP contribution in [0.1, 0.15) is 10.4 Å². The molecule has 0 aromatic heterocycles. The van der Waals surface area contributed by atoms with Crippen molar-refractivity contribution in [1.82, 2.24) is 0 Å². The van der Waals surface area contributed by atoms with Crippen LogP contribution >= 0.6 is 15.9 Å². The number of benzene rings is 2. The molecule has 5 heteroatoms. The third-order valence-corrected chi connectivity index (χ3v) is 3.80. The van der Waals surface area contributed by atoms with Crippen LogP contribution in [0.4, 0.5) is 17.1 Å². The van der Waals surface area contributed by atoms with Crippen molar-refractivity contribution in [3.05, 3.63) is 52.5 Å². The molecule has 20 heavy (non-hydrogen) atoms. The molecule has 0 heterocycles. The minimum atomic E-state index is -0.193. The van der Waals surface area contributed by atoms with E-state index in [1.54, 1.807) is 18.2 Å². The van der Waals surface area contributed by atoms with Gasteiger partial charge in [-0.25, -0.2) is 0 Å². The highest BCUT2D eigenvalue weighted by molar-refractivity contribution is 9.10. The molecule has 0 aliphatic rings. The second-order valence-electron chi connectivity index (χ2n) is 4.60. The van der Waals surface area contributed by atoms with Crippen molar-refractivity contribution >= 4 is 38.9 Å². The molecule has 0 saturated heterocycles. The summed E-state index contributed by atoms with van der Waals surface area (Å²) >= 11 is 3.33. The predicted molar refractivity (Wildman–Crippen MR) is 87.3 cm³/mol. The Bertz CT molecular complexity index is 624. The van der Waals surface area contributed by atoms with Gasteiger partial charge in [0.2, 0.25) is 0 Å². The summed E-state index contributed by atoms with van der Waals surface area (Å²) in [4.78, 5) is 14.2. The van der Waals surface area contributed by atoms with Crippen LogP contribution in [0.2, 0.25) is 0 Å². The zero-order chi connectivity index (χ0) is 14.7. The summed E-state index contributed by atoms with van der Waals surface area (Å²) < 4.78 is 0.613. The van der Waals surface area contributed by atoms with Gasteiger partial charge in [0.25, 0.3) is 5.91 Å². The Hall–Kier alpha value is -2.01. The van der Waals surface area contributed by atoms with Crippen LogP contribution in [-0.2, 0) is 0 Å². The lowest BCUT2D eigenvalue weighted by Gasteiger charge is -2.13. The molecule has 0 atom stereocenters. The van der Waals surface area contributed by atoms with E-state index in [9.17, 15) is 4.79 Å². The van der Waals surface area contributed by atoms with Crippen LogP contribution in [0.15, 0.2) is 46.9 Å². The molecule has 0 fully saturated rings. The van der Waals surface area contributed by atoms with Crippen LogP contribution in [0.25, 0.3) is 0 Å². The Morgan fingerprint density at radius 2 is 1.80 bits per heavy atom. The summed E-state index contributed by atoms with van der Waals surface area (Å²) in [6, 6.07) is 12.9. The number of anilines is 3. The van der Waals surface area contributed by atoms with Crippen LogP contribution in [-0.4, -0.2) is 20.0 Å². The lowest BCUT2D eigenvalue weighted by molar-refractivity contribution is 0.102. The van der Waals surface area contributed by atoms with E-state index >= 15 is 0 Å². The second kappa shape index (κ2) is 5.96. The van der Waals surface area contributed by atoms with E-state index in [1.807, 2.05) is 43.3 Å². The fraction of sp³-hybridized carbons (Fsp3) is 0.133. The maximum Gasteiger partial charge on any atom is 0.256 e. The highest BCUT2D eigenvalue weighted by Gasteiger charge is 2.11. The Balaban J connectivity index is 2.17. The molecule has 0 spiro atoms. The molecule has 0 aliphatic carbocycles. The number of carbonyl (C=O) groups excluding carboxylic acids is 1. The lowest BCUT2D eigenvalue weighted by atomic mass is 10.2. The van der Waals surface area contributed by atoms with Gasteiger partial charge in [0, 0.05) is 31.2 Å². The van der Waals surface area contributed by atoms with Crippen LogP contribution in [0, 0.1) is 0 Å². The standard InChI is InChI=1S/C15H16BrN3O/c1-19(2)11-8-6-10(7-9-11)18-15(20)12-4-3-5-13(17)14(12)16/h3-9H,17H2,1-2H3,(H,18,20). The number of nitrogens with zero attached hydrogens (tertiary/aromatic N) is 1. The summed E-state index contributed by atoms with van der Waals surface area (Å²) in [6.07, 6.45) is 0. The topological polar surface area (TPSA) is 58.4 Å². The van der Waals surface area contributed by atoms with E-state index in [0.29, 0.717) is 15.7 Å². The molecule has 0 saturated carbocycles. The first-order valence-electron chi connectivity index (χ1n) is 6.12. The van der Waals surface area contributed by atoms with Gasteiger partial charge in [-0.05, 0) is 52.3 Å². The SMILES string of the molecule is CN(C)c1ccc(NC(=O)c2cccc(N)c2Br)cc1. The molecule has 2 aromatic carbocycles. The summed E-state index contributed by atoms with van der Waals surface area (Å²) in [5, 5.41) is 2.85. The molecule has 104 valence electrons. The van der Waals surface area contributed by atoms with Crippen molar-refractivity contribution in [2.24, 2.45) is 0 Å². The predicted octanol–water partition coefficient (Wildman–Crippen LogP) is 3.35. The maximum atomic E-state index is 12.2. The summed E-state index contributed by atoms with van der Waals surface area (Å²) in [6.45, 7) is 0. The Labute approximate surface area is 126 Å². The van der Waals surface area contributed by atoms with Crippen LogP contribution in [0.3, 0.4) is 0 Å². The number of amides is 1. The molecule has 0 bridgehead atoms. The smallest absolute Gasteiger partial charge is 0.256 e. The van der Waals surface area contributed by atoms with Crippen molar-refractivity contribution in [2.75, 3.05) is 30.0 Å². The van der Waals surface area contributed by atoms with Crippen molar-refractivity contribution in [1.29, 1.82) is 0 Å². The molecule has 1 amide bonds. The highest BCUT2D eigenvalue weighted by atomic mass is 79.9. The first kappa shape index (κ1) is 14.4. The van der Waals surface area contributed by atoms with E-state index in [4.69, 9.17) is 5.73 Å². The van der Waals surface area contributed by atoms with E-state index in [-0.39, 0.29) is 5.91 Å². The molecule has 2 rings (SSSR count). The Morgan fingerprint density at radius 3 is 2.40 bits per heavy atom. The van der Waals surface area contributed by atoms with E-state index in [1.165, 1.54) is 0 Å². The van der Waals surface area contributed by atoms with Gasteiger partial charge < -0.3 is 16.0 Å². The number of carbonyl (C=O) groups is 1. The third-order valence-electron chi connectivity index (χ3n) is 2.91. The van der Waals surface area contributed by atoms with Gasteiger partial charge in [0.1, 0.15) is 0 Å². The zero-order valence-corrected chi connectivity index (χ0v) is 12.9. The largest absolute Gasteiger partial charge is 0.398 e. The average Bonchev–Trinajstić information content (AvgIpc) is 2.42. The van der Waals surface area contributed by atoms with Gasteiger partial charge in [0.15, 0.2) is 0 Å². The minimum absolute atomic E-state index is 0.193. The highest BCUT2D eigenvalue weighted by Crippen LogP contribution is 2.25. The number of nitrogens with one attached hydrogen (secondary N) is 1. The van der Waals surface area contributed by atoms with Gasteiger partial charge in [-0.3, -0.25) is 4.79 Å². The monoisotopic (exact) mass is 333 g/mol. The number of nitrogens with two attached hydrogens (primary N) is 1. The molecular weight excluding hydrogens is 318 g/mol. The summed E-state index contributed by atoms with van der Waals surface area (Å²) in [5.41, 5.74) is 8.65. The molecule has 4 nitrogen and oxygen atoms in total. The van der Waals surface area contributed by atoms with Crippen molar-refractivity contribution in [2.45, 2.75) is 0 Å². The van der Waals surface area contributed by atoms with Crippen molar-refractivity contribution in [3.8, 4) is 0 Å². The third kappa shape index (κ3) is 3.11.